The van der Waals surface area contributed by atoms with Crippen LogP contribution < -0.4 is 5.73 Å². The summed E-state index contributed by atoms with van der Waals surface area (Å²) < 4.78 is 4.89. The number of nitrogens with zero attached hydrogens (tertiary/aromatic N) is 3. The molecule has 7 heteroatoms. The lowest BCUT2D eigenvalue weighted by atomic mass is 10.0. The minimum absolute atomic E-state index is 0.254. The van der Waals surface area contributed by atoms with Gasteiger partial charge in [-0.05, 0) is 53.8 Å². The van der Waals surface area contributed by atoms with Crippen LogP contribution >= 0.6 is 47.8 Å². The van der Waals surface area contributed by atoms with Crippen LogP contribution in [0.1, 0.15) is 17.3 Å². The predicted octanol–water partition coefficient (Wildman–Crippen LogP) is 3.78. The van der Waals surface area contributed by atoms with E-state index in [-0.39, 0.29) is 6.04 Å². The van der Waals surface area contributed by atoms with Gasteiger partial charge in [-0.2, -0.15) is 5.10 Å². The molecule has 0 aliphatic heterocycles. The largest absolute Gasteiger partial charge is 0.319 e. The van der Waals surface area contributed by atoms with E-state index in [0.717, 1.165) is 37.8 Å². The Morgan fingerprint density at radius 1 is 1.24 bits per heavy atom. The number of benzene rings is 1. The van der Waals surface area contributed by atoms with E-state index in [9.17, 15) is 0 Å². The molecule has 0 saturated heterocycles. The maximum Gasteiger partial charge on any atom is 0.0746 e. The van der Waals surface area contributed by atoms with Gasteiger partial charge in [0.05, 0.1) is 29.0 Å². The Kier molecular flexibility index (Phi) is 6.02. The second-order valence-electron chi connectivity index (χ2n) is 5.05. The number of hydrogen-bond acceptors (Lipinski definition) is 3. The van der Waals surface area contributed by atoms with Crippen molar-refractivity contribution >= 4 is 47.8 Å². The van der Waals surface area contributed by atoms with E-state index in [1.54, 1.807) is 6.20 Å². The standard InChI is InChI=1S/C14H17Br3N4/c1-20(2)5-6-21-14(12(17)8-19-21)13(18)10-7-9(15)3-4-11(10)16/h3-4,7-8,13H,5-6,18H2,1-2H3. The van der Waals surface area contributed by atoms with Gasteiger partial charge < -0.3 is 10.6 Å². The summed E-state index contributed by atoms with van der Waals surface area (Å²) in [6, 6.07) is 5.76. The topological polar surface area (TPSA) is 47.1 Å². The number of likely N-dealkylation sites (N-methyl/N-ethyl adjacent to an activating group) is 1. The van der Waals surface area contributed by atoms with Gasteiger partial charge in [-0.1, -0.05) is 31.9 Å². The van der Waals surface area contributed by atoms with Crippen LogP contribution in [0.25, 0.3) is 0 Å². The van der Waals surface area contributed by atoms with Crippen LogP contribution in [0.15, 0.2) is 37.8 Å². The zero-order valence-corrected chi connectivity index (χ0v) is 16.6. The van der Waals surface area contributed by atoms with Crippen molar-refractivity contribution in [2.45, 2.75) is 12.6 Å². The molecule has 0 fully saturated rings. The first-order valence-corrected chi connectivity index (χ1v) is 8.84. The molecule has 21 heavy (non-hydrogen) atoms. The van der Waals surface area contributed by atoms with E-state index in [1.807, 2.05) is 37.0 Å². The molecule has 2 aromatic rings. The molecule has 0 radical (unpaired) electrons. The highest BCUT2D eigenvalue weighted by molar-refractivity contribution is 9.11. The van der Waals surface area contributed by atoms with Crippen LogP contribution in [-0.4, -0.2) is 35.3 Å². The minimum atomic E-state index is -0.254. The third-order valence-corrected chi connectivity index (χ3v) is 5.01. The van der Waals surface area contributed by atoms with Gasteiger partial charge in [-0.25, -0.2) is 0 Å². The van der Waals surface area contributed by atoms with Gasteiger partial charge in [0, 0.05) is 15.5 Å². The van der Waals surface area contributed by atoms with Crippen LogP contribution in [0.5, 0.6) is 0 Å². The van der Waals surface area contributed by atoms with Crippen molar-refractivity contribution in [3.63, 3.8) is 0 Å². The number of halogens is 3. The third kappa shape index (κ3) is 4.16. The second kappa shape index (κ2) is 7.37. The lowest BCUT2D eigenvalue weighted by Crippen LogP contribution is -2.23. The summed E-state index contributed by atoms with van der Waals surface area (Å²) in [5.74, 6) is 0. The van der Waals surface area contributed by atoms with Gasteiger partial charge in [0.1, 0.15) is 0 Å². The van der Waals surface area contributed by atoms with E-state index in [0.29, 0.717) is 0 Å². The van der Waals surface area contributed by atoms with Gasteiger partial charge in [0.15, 0.2) is 0 Å². The first-order valence-electron chi connectivity index (χ1n) is 6.46. The van der Waals surface area contributed by atoms with Crippen molar-refractivity contribution in [3.8, 4) is 0 Å². The average Bonchev–Trinajstić information content (AvgIpc) is 2.79. The monoisotopic (exact) mass is 478 g/mol. The molecule has 2 N–H and O–H groups in total. The van der Waals surface area contributed by atoms with Crippen LogP contribution in [-0.2, 0) is 6.54 Å². The second-order valence-corrected chi connectivity index (χ2v) is 7.67. The first kappa shape index (κ1) is 17.1. The molecular weight excluding hydrogens is 464 g/mol. The molecule has 1 heterocycles. The SMILES string of the molecule is CN(C)CCn1ncc(Br)c1C(N)c1cc(Br)ccc1Br. The molecule has 0 aliphatic carbocycles. The lowest BCUT2D eigenvalue weighted by molar-refractivity contribution is 0.368. The molecule has 1 atom stereocenters. The fraction of sp³-hybridized carbons (Fsp3) is 0.357. The van der Waals surface area contributed by atoms with Gasteiger partial charge in [0.25, 0.3) is 0 Å². The molecule has 0 aliphatic rings. The van der Waals surface area contributed by atoms with Crippen LogP contribution in [0, 0.1) is 0 Å². The zero-order chi connectivity index (χ0) is 15.6. The minimum Gasteiger partial charge on any atom is -0.319 e. The summed E-state index contributed by atoms with van der Waals surface area (Å²) in [5, 5.41) is 4.42. The maximum absolute atomic E-state index is 6.48. The molecule has 0 amide bonds. The highest BCUT2D eigenvalue weighted by Crippen LogP contribution is 2.32. The summed E-state index contributed by atoms with van der Waals surface area (Å²) in [6.45, 7) is 1.71. The quantitative estimate of drug-likeness (QED) is 0.708. The van der Waals surface area contributed by atoms with E-state index < -0.39 is 0 Å². The first-order chi connectivity index (χ1) is 9.90. The van der Waals surface area contributed by atoms with Gasteiger partial charge in [0.2, 0.25) is 0 Å². The number of hydrogen-bond donors (Lipinski definition) is 1. The summed E-state index contributed by atoms with van der Waals surface area (Å²) >= 11 is 10.6. The summed E-state index contributed by atoms with van der Waals surface area (Å²) in [5.41, 5.74) is 8.49. The lowest BCUT2D eigenvalue weighted by Gasteiger charge is -2.18. The Bertz CT molecular complexity index is 625. The molecule has 1 unspecified atom stereocenters. The number of rotatable bonds is 5. The summed E-state index contributed by atoms with van der Waals surface area (Å²) in [6.07, 6.45) is 1.80. The van der Waals surface area contributed by atoms with Crippen LogP contribution in [0.3, 0.4) is 0 Å². The van der Waals surface area contributed by atoms with Crippen molar-refractivity contribution in [3.05, 3.63) is 49.1 Å². The van der Waals surface area contributed by atoms with Crippen molar-refractivity contribution in [1.82, 2.24) is 14.7 Å². The zero-order valence-electron chi connectivity index (χ0n) is 11.9. The van der Waals surface area contributed by atoms with E-state index in [2.05, 4.69) is 57.8 Å². The number of aromatic nitrogens is 2. The maximum atomic E-state index is 6.48. The normalized spacial score (nSPS) is 12.9. The van der Waals surface area contributed by atoms with E-state index >= 15 is 0 Å². The van der Waals surface area contributed by atoms with Crippen molar-refractivity contribution in [2.75, 3.05) is 20.6 Å². The van der Waals surface area contributed by atoms with Gasteiger partial charge in [-0.3, -0.25) is 4.68 Å². The molecule has 4 nitrogen and oxygen atoms in total. The molecular formula is C14H17Br3N4. The van der Waals surface area contributed by atoms with E-state index in [4.69, 9.17) is 5.73 Å². The Labute approximate surface area is 150 Å². The summed E-state index contributed by atoms with van der Waals surface area (Å²) in [4.78, 5) is 2.12. The Morgan fingerprint density at radius 3 is 2.62 bits per heavy atom. The van der Waals surface area contributed by atoms with Gasteiger partial charge in [-0.15, -0.1) is 0 Å². The highest BCUT2D eigenvalue weighted by atomic mass is 79.9. The van der Waals surface area contributed by atoms with Crippen molar-refractivity contribution in [2.24, 2.45) is 5.73 Å². The molecule has 0 bridgehead atoms. The smallest absolute Gasteiger partial charge is 0.0746 e. The molecule has 2 rings (SSSR count). The predicted molar refractivity (Wildman–Crippen MR) is 96.4 cm³/mol. The fourth-order valence-electron chi connectivity index (χ4n) is 2.05. The van der Waals surface area contributed by atoms with Crippen molar-refractivity contribution < 1.29 is 0 Å². The molecule has 0 saturated carbocycles. The number of nitrogens with two attached hydrogens (primary N) is 1. The van der Waals surface area contributed by atoms with Crippen molar-refractivity contribution in [1.29, 1.82) is 0 Å². The Balaban J connectivity index is 2.36. The summed E-state index contributed by atoms with van der Waals surface area (Å²) in [7, 11) is 4.09. The van der Waals surface area contributed by atoms with Crippen LogP contribution in [0.4, 0.5) is 0 Å². The van der Waals surface area contributed by atoms with E-state index in [1.165, 1.54) is 0 Å². The third-order valence-electron chi connectivity index (χ3n) is 3.18. The molecule has 114 valence electrons. The molecule has 1 aromatic carbocycles. The highest BCUT2D eigenvalue weighted by Gasteiger charge is 2.20. The Hall–Kier alpha value is -0.210. The Morgan fingerprint density at radius 2 is 1.95 bits per heavy atom. The van der Waals surface area contributed by atoms with Crippen LogP contribution in [0.2, 0.25) is 0 Å². The molecule has 0 spiro atoms. The van der Waals surface area contributed by atoms with Gasteiger partial charge >= 0.3 is 0 Å². The molecule has 1 aromatic heterocycles. The fourth-order valence-corrected chi connectivity index (χ4v) is 3.47. The average molecular weight is 481 g/mol.